The number of nitrogens with one attached hydrogen (secondary N) is 1. The lowest BCUT2D eigenvalue weighted by atomic mass is 10.1. The number of rotatable bonds is 5. The Kier molecular flexibility index (Phi) is 4.50. The number of nitrogens with zero attached hydrogens (tertiary/aromatic N) is 2. The number of carbonyl (C=O) groups is 2. The van der Waals surface area contributed by atoms with Crippen molar-refractivity contribution in [1.82, 2.24) is 0 Å². The molecule has 0 spiro atoms. The minimum Gasteiger partial charge on any atom is -0.545 e. The van der Waals surface area contributed by atoms with E-state index in [1.165, 1.54) is 18.2 Å². The number of non-ortho nitro benzene ring substituents is 1. The van der Waals surface area contributed by atoms with Gasteiger partial charge in [-0.2, -0.15) is 0 Å². The van der Waals surface area contributed by atoms with Crippen LogP contribution in [0.4, 0.5) is 17.1 Å². The van der Waals surface area contributed by atoms with Gasteiger partial charge in [-0.05, 0) is 23.8 Å². The molecule has 0 saturated carbocycles. The van der Waals surface area contributed by atoms with Gasteiger partial charge in [0, 0.05) is 11.8 Å². The zero-order chi connectivity index (χ0) is 17.9. The predicted octanol–water partition coefficient (Wildman–Crippen LogP) is 1.12. The van der Waals surface area contributed by atoms with Gasteiger partial charge in [0.1, 0.15) is 5.56 Å². The quantitative estimate of drug-likeness (QED) is 0.635. The molecular formula is C14H8N3O7-. The maximum Gasteiger partial charge on any atom is 0.289 e. The van der Waals surface area contributed by atoms with Gasteiger partial charge in [-0.3, -0.25) is 25.0 Å². The lowest BCUT2D eigenvalue weighted by Gasteiger charge is -2.08. The number of nitro groups is 2. The summed E-state index contributed by atoms with van der Waals surface area (Å²) in [5.74, 6) is -2.36. The SMILES string of the molecule is O=C([O-])c1cccc(NC(=O)c2ccc([N+](=O)[O-])cc2[N+](=O)[O-])c1. The number of carboxylic acids is 1. The molecule has 2 rings (SSSR count). The zero-order valence-electron chi connectivity index (χ0n) is 11.8. The molecule has 10 heteroatoms. The smallest absolute Gasteiger partial charge is 0.289 e. The number of benzene rings is 2. The van der Waals surface area contributed by atoms with Crippen LogP contribution in [0.15, 0.2) is 42.5 Å². The minimum atomic E-state index is -1.45. The first-order valence-electron chi connectivity index (χ1n) is 6.35. The summed E-state index contributed by atoms with van der Waals surface area (Å²) in [4.78, 5) is 42.9. The van der Waals surface area contributed by atoms with Gasteiger partial charge in [-0.25, -0.2) is 0 Å². The highest BCUT2D eigenvalue weighted by Gasteiger charge is 2.24. The van der Waals surface area contributed by atoms with Crippen molar-refractivity contribution in [1.29, 1.82) is 0 Å². The molecule has 0 aliphatic heterocycles. The lowest BCUT2D eigenvalue weighted by Crippen LogP contribution is -2.22. The average molecular weight is 330 g/mol. The summed E-state index contributed by atoms with van der Waals surface area (Å²) in [6.45, 7) is 0. The van der Waals surface area contributed by atoms with E-state index in [1.54, 1.807) is 0 Å². The Hall–Kier alpha value is -3.82. The first-order valence-corrected chi connectivity index (χ1v) is 6.35. The van der Waals surface area contributed by atoms with Crippen LogP contribution in [-0.4, -0.2) is 21.7 Å². The standard InChI is InChI=1S/C14H9N3O7/c18-13(15-9-3-1-2-8(6-9)14(19)20)11-5-4-10(16(21)22)7-12(11)17(23)24/h1-7H,(H,15,18)(H,19,20)/p-1. The van der Waals surface area contributed by atoms with E-state index in [0.29, 0.717) is 6.07 Å². The third kappa shape index (κ3) is 3.50. The molecule has 0 aliphatic carbocycles. The summed E-state index contributed by atoms with van der Waals surface area (Å²) in [5.41, 5.74) is -1.78. The molecule has 1 N–H and O–H groups in total. The van der Waals surface area contributed by atoms with Crippen molar-refractivity contribution >= 4 is 28.9 Å². The number of carbonyl (C=O) groups excluding carboxylic acids is 2. The molecule has 0 bridgehead atoms. The Labute approximate surface area is 133 Å². The topological polar surface area (TPSA) is 156 Å². The van der Waals surface area contributed by atoms with Crippen molar-refractivity contribution < 1.29 is 24.5 Å². The van der Waals surface area contributed by atoms with Crippen LogP contribution < -0.4 is 10.4 Å². The van der Waals surface area contributed by atoms with Crippen LogP contribution >= 0.6 is 0 Å². The summed E-state index contributed by atoms with van der Waals surface area (Å²) in [6.07, 6.45) is 0. The van der Waals surface area contributed by atoms with Crippen LogP contribution in [0.1, 0.15) is 20.7 Å². The second kappa shape index (κ2) is 6.52. The molecule has 0 fully saturated rings. The molecule has 2 aromatic carbocycles. The van der Waals surface area contributed by atoms with E-state index in [0.717, 1.165) is 18.2 Å². The molecule has 122 valence electrons. The predicted molar refractivity (Wildman–Crippen MR) is 78.5 cm³/mol. The normalized spacial score (nSPS) is 10.0. The van der Waals surface area contributed by atoms with Gasteiger partial charge < -0.3 is 15.2 Å². The third-order valence-corrected chi connectivity index (χ3v) is 2.99. The van der Waals surface area contributed by atoms with Crippen LogP contribution in [0.2, 0.25) is 0 Å². The van der Waals surface area contributed by atoms with Crippen LogP contribution in [0.3, 0.4) is 0 Å². The first-order chi connectivity index (χ1) is 11.3. The van der Waals surface area contributed by atoms with Gasteiger partial charge in [0.05, 0.1) is 21.9 Å². The van der Waals surface area contributed by atoms with Gasteiger partial charge in [0.15, 0.2) is 0 Å². The van der Waals surface area contributed by atoms with Crippen molar-refractivity contribution in [2.45, 2.75) is 0 Å². The second-order valence-electron chi connectivity index (χ2n) is 4.54. The van der Waals surface area contributed by atoms with E-state index in [2.05, 4.69) is 5.32 Å². The van der Waals surface area contributed by atoms with Gasteiger partial charge in [-0.1, -0.05) is 12.1 Å². The first kappa shape index (κ1) is 16.5. The number of nitro benzene ring substituents is 2. The Balaban J connectivity index is 2.36. The van der Waals surface area contributed by atoms with E-state index in [-0.39, 0.29) is 11.3 Å². The molecule has 0 saturated heterocycles. The van der Waals surface area contributed by atoms with E-state index in [9.17, 15) is 34.9 Å². The fourth-order valence-electron chi connectivity index (χ4n) is 1.90. The Morgan fingerprint density at radius 1 is 0.958 bits per heavy atom. The number of hydrogen-bond acceptors (Lipinski definition) is 7. The largest absolute Gasteiger partial charge is 0.545 e. The summed E-state index contributed by atoms with van der Waals surface area (Å²) >= 11 is 0. The maximum absolute atomic E-state index is 12.2. The van der Waals surface area contributed by atoms with E-state index >= 15 is 0 Å². The highest BCUT2D eigenvalue weighted by molar-refractivity contribution is 6.07. The van der Waals surface area contributed by atoms with Crippen LogP contribution in [0.5, 0.6) is 0 Å². The summed E-state index contributed by atoms with van der Waals surface area (Å²) < 4.78 is 0. The third-order valence-electron chi connectivity index (χ3n) is 2.99. The lowest BCUT2D eigenvalue weighted by molar-refractivity contribution is -0.394. The second-order valence-corrected chi connectivity index (χ2v) is 4.54. The minimum absolute atomic E-state index is 0.0781. The average Bonchev–Trinajstić information content (AvgIpc) is 2.54. The van der Waals surface area contributed by atoms with Crippen molar-refractivity contribution in [3.63, 3.8) is 0 Å². The Morgan fingerprint density at radius 2 is 1.67 bits per heavy atom. The van der Waals surface area contributed by atoms with Gasteiger partial charge >= 0.3 is 0 Å². The summed E-state index contributed by atoms with van der Waals surface area (Å²) in [7, 11) is 0. The highest BCUT2D eigenvalue weighted by atomic mass is 16.6. The number of aromatic carboxylic acids is 1. The Bertz CT molecular complexity index is 863. The molecule has 24 heavy (non-hydrogen) atoms. The number of anilines is 1. The molecule has 0 aromatic heterocycles. The number of hydrogen-bond donors (Lipinski definition) is 1. The molecule has 0 aliphatic rings. The van der Waals surface area contributed by atoms with E-state index in [4.69, 9.17) is 0 Å². The van der Waals surface area contributed by atoms with Crippen LogP contribution in [0, 0.1) is 20.2 Å². The highest BCUT2D eigenvalue weighted by Crippen LogP contribution is 2.25. The van der Waals surface area contributed by atoms with E-state index in [1.807, 2.05) is 0 Å². The van der Waals surface area contributed by atoms with Gasteiger partial charge in [0.2, 0.25) is 0 Å². The summed E-state index contributed by atoms with van der Waals surface area (Å²) in [6, 6.07) is 7.68. The van der Waals surface area contributed by atoms with Crippen molar-refractivity contribution in [3.05, 3.63) is 73.8 Å². The van der Waals surface area contributed by atoms with Crippen molar-refractivity contribution in [3.8, 4) is 0 Å². The van der Waals surface area contributed by atoms with Crippen molar-refractivity contribution in [2.75, 3.05) is 5.32 Å². The summed E-state index contributed by atoms with van der Waals surface area (Å²) in [5, 5.41) is 34.8. The van der Waals surface area contributed by atoms with E-state index < -0.39 is 38.7 Å². The monoisotopic (exact) mass is 330 g/mol. The molecule has 0 unspecified atom stereocenters. The maximum atomic E-state index is 12.2. The molecule has 1 amide bonds. The fourth-order valence-corrected chi connectivity index (χ4v) is 1.90. The van der Waals surface area contributed by atoms with Gasteiger partial charge in [0.25, 0.3) is 17.3 Å². The fraction of sp³-hybridized carbons (Fsp3) is 0. The molecule has 0 atom stereocenters. The van der Waals surface area contributed by atoms with Crippen molar-refractivity contribution in [2.24, 2.45) is 0 Å². The number of carboxylic acid groups (broad SMARTS) is 1. The van der Waals surface area contributed by atoms with Gasteiger partial charge in [-0.15, -0.1) is 0 Å². The zero-order valence-corrected chi connectivity index (χ0v) is 11.8. The van der Waals surface area contributed by atoms with Crippen LogP contribution in [-0.2, 0) is 0 Å². The van der Waals surface area contributed by atoms with Crippen LogP contribution in [0.25, 0.3) is 0 Å². The molecule has 2 aromatic rings. The number of amides is 1. The molecule has 0 radical (unpaired) electrons. The Morgan fingerprint density at radius 3 is 2.25 bits per heavy atom. The molecule has 10 nitrogen and oxygen atoms in total. The molecule has 0 heterocycles. The molecular weight excluding hydrogens is 322 g/mol.